The van der Waals surface area contributed by atoms with E-state index < -0.39 is 0 Å². The van der Waals surface area contributed by atoms with E-state index in [-0.39, 0.29) is 6.03 Å². The molecule has 0 unspecified atom stereocenters. The fourth-order valence-corrected chi connectivity index (χ4v) is 1.13. The van der Waals surface area contributed by atoms with Crippen LogP contribution in [0.5, 0.6) is 0 Å². The zero-order valence-corrected chi connectivity index (χ0v) is 8.21. The zero-order valence-electron chi connectivity index (χ0n) is 8.21. The number of hydrogen-bond donors (Lipinski definition) is 0. The summed E-state index contributed by atoms with van der Waals surface area (Å²) in [5.74, 6) is 0. The Bertz CT molecular complexity index is 159. The van der Waals surface area contributed by atoms with Crippen LogP contribution in [-0.2, 0) is 0 Å². The molecule has 0 aliphatic carbocycles. The van der Waals surface area contributed by atoms with Crippen LogP contribution in [0.2, 0.25) is 0 Å². The molecule has 1 rings (SSSR count). The summed E-state index contributed by atoms with van der Waals surface area (Å²) < 4.78 is 0. The molecule has 0 aromatic rings. The molecule has 1 fully saturated rings. The fraction of sp³-hybridized carbons (Fsp3) is 0.667. The minimum Gasteiger partial charge on any atom is -0.328 e. The topological polar surface area (TPSA) is 23.6 Å². The number of carbonyl (C=O) groups excluding carboxylic acids is 1. The van der Waals surface area contributed by atoms with E-state index in [9.17, 15) is 4.79 Å². The van der Waals surface area contributed by atoms with Gasteiger partial charge in [0.25, 0.3) is 0 Å². The van der Waals surface area contributed by atoms with Crippen LogP contribution in [0.3, 0.4) is 0 Å². The monoisotopic (exact) mass is 170 g/mol. The number of nitrogens with zero attached hydrogens (tertiary/aromatic N) is 2. The normalized spacial score (nSPS) is 23.2. The van der Waals surface area contributed by atoms with E-state index in [0.29, 0.717) is 6.04 Å². The summed E-state index contributed by atoms with van der Waals surface area (Å²) in [6, 6.07) is 0.544. The first kappa shape index (κ1) is 11.0. The second kappa shape index (κ2) is 4.80. The molecule has 1 aliphatic heterocycles. The quantitative estimate of drug-likeness (QED) is 0.506. The molecule has 0 saturated carbocycles. The van der Waals surface area contributed by atoms with Crippen LogP contribution in [0.25, 0.3) is 0 Å². The van der Waals surface area contributed by atoms with Crippen LogP contribution in [-0.4, -0.2) is 42.5 Å². The highest BCUT2D eigenvalue weighted by atomic mass is 16.2. The van der Waals surface area contributed by atoms with Crippen LogP contribution >= 0.6 is 0 Å². The minimum atomic E-state index is 0.138. The molecule has 0 aromatic heterocycles. The maximum absolute atomic E-state index is 11.2. The molecule has 0 N–H and O–H groups in total. The van der Waals surface area contributed by atoms with Crippen molar-refractivity contribution in [1.82, 2.24) is 9.80 Å². The Morgan fingerprint density at radius 1 is 1.42 bits per heavy atom. The van der Waals surface area contributed by atoms with Crippen molar-refractivity contribution in [1.29, 1.82) is 0 Å². The molecule has 0 radical (unpaired) electrons. The molecular formula is C9H18N2O. The first-order valence-electron chi connectivity index (χ1n) is 4.11. The van der Waals surface area contributed by atoms with E-state index in [2.05, 4.69) is 20.1 Å². The lowest BCUT2D eigenvalue weighted by Gasteiger charge is -2.35. The average Bonchev–Trinajstić information content (AvgIpc) is 2.12. The number of amides is 2. The van der Waals surface area contributed by atoms with E-state index >= 15 is 0 Å². The third kappa shape index (κ3) is 2.26. The molecule has 0 bridgehead atoms. The summed E-state index contributed by atoms with van der Waals surface area (Å²) in [4.78, 5) is 14.7. The molecule has 12 heavy (non-hydrogen) atoms. The highest BCUT2D eigenvalue weighted by molar-refractivity contribution is 5.74. The summed E-state index contributed by atoms with van der Waals surface area (Å²) in [5, 5.41) is 0. The predicted molar refractivity (Wildman–Crippen MR) is 51.1 cm³/mol. The standard InChI is InChI=1S/C7H14N2O.C2H4/c1-6-4-5-8(2)7(10)9(6)3;1-2/h6H,4-5H2,1-3H3;1-2H2/t6-;/m1./s1. The largest absolute Gasteiger partial charge is 0.328 e. The van der Waals surface area contributed by atoms with Gasteiger partial charge in [-0.05, 0) is 13.3 Å². The molecule has 3 nitrogen and oxygen atoms in total. The molecule has 1 saturated heterocycles. The van der Waals surface area contributed by atoms with Gasteiger partial charge in [0, 0.05) is 26.7 Å². The Balaban J connectivity index is 0.000000561. The van der Waals surface area contributed by atoms with Crippen LogP contribution in [0.1, 0.15) is 13.3 Å². The second-order valence-electron chi connectivity index (χ2n) is 2.95. The Morgan fingerprint density at radius 2 is 1.92 bits per heavy atom. The van der Waals surface area contributed by atoms with E-state index in [1.54, 1.807) is 9.80 Å². The molecule has 0 spiro atoms. The van der Waals surface area contributed by atoms with Gasteiger partial charge in [-0.1, -0.05) is 0 Å². The van der Waals surface area contributed by atoms with Gasteiger partial charge in [0.2, 0.25) is 0 Å². The lowest BCUT2D eigenvalue weighted by atomic mass is 10.2. The van der Waals surface area contributed by atoms with Crippen molar-refractivity contribution in [3.63, 3.8) is 0 Å². The third-order valence-corrected chi connectivity index (χ3v) is 2.17. The van der Waals surface area contributed by atoms with E-state index in [0.717, 1.165) is 13.0 Å². The summed E-state index contributed by atoms with van der Waals surface area (Å²) in [6.45, 7) is 8.97. The first-order chi connectivity index (χ1) is 5.63. The van der Waals surface area contributed by atoms with Gasteiger partial charge in [-0.15, -0.1) is 13.2 Å². The van der Waals surface area contributed by atoms with Crippen LogP contribution in [0, 0.1) is 0 Å². The second-order valence-corrected chi connectivity index (χ2v) is 2.95. The van der Waals surface area contributed by atoms with Gasteiger partial charge in [-0.3, -0.25) is 0 Å². The van der Waals surface area contributed by atoms with Gasteiger partial charge in [-0.2, -0.15) is 0 Å². The van der Waals surface area contributed by atoms with Crippen molar-refractivity contribution in [2.75, 3.05) is 20.6 Å². The predicted octanol–water partition coefficient (Wildman–Crippen LogP) is 1.56. The maximum atomic E-state index is 11.2. The molecule has 1 heterocycles. The summed E-state index contributed by atoms with van der Waals surface area (Å²) in [7, 11) is 3.69. The fourth-order valence-electron chi connectivity index (χ4n) is 1.13. The number of rotatable bonds is 0. The van der Waals surface area contributed by atoms with Gasteiger partial charge < -0.3 is 9.80 Å². The Morgan fingerprint density at radius 3 is 2.33 bits per heavy atom. The Kier molecular flexibility index (Phi) is 4.40. The van der Waals surface area contributed by atoms with Crippen LogP contribution in [0.4, 0.5) is 4.79 Å². The molecular weight excluding hydrogens is 152 g/mol. The van der Waals surface area contributed by atoms with Crippen LogP contribution in [0.15, 0.2) is 13.2 Å². The number of urea groups is 1. The minimum absolute atomic E-state index is 0.138. The summed E-state index contributed by atoms with van der Waals surface area (Å²) in [6.07, 6.45) is 1.08. The number of carbonyl (C=O) groups is 1. The molecule has 3 heteroatoms. The van der Waals surface area contributed by atoms with Gasteiger partial charge in [-0.25, -0.2) is 4.79 Å². The maximum Gasteiger partial charge on any atom is 0.319 e. The Labute approximate surface area is 74.7 Å². The van der Waals surface area contributed by atoms with Crippen LogP contribution < -0.4 is 0 Å². The highest BCUT2D eigenvalue weighted by Gasteiger charge is 2.24. The average molecular weight is 170 g/mol. The molecule has 70 valence electrons. The van der Waals surface area contributed by atoms with Gasteiger partial charge >= 0.3 is 6.03 Å². The number of hydrogen-bond acceptors (Lipinski definition) is 1. The highest BCUT2D eigenvalue weighted by Crippen LogP contribution is 2.11. The smallest absolute Gasteiger partial charge is 0.319 e. The molecule has 1 aliphatic rings. The van der Waals surface area contributed by atoms with Gasteiger partial charge in [0.1, 0.15) is 0 Å². The molecule has 0 aromatic carbocycles. The van der Waals surface area contributed by atoms with Crippen molar-refractivity contribution in [2.24, 2.45) is 0 Å². The van der Waals surface area contributed by atoms with Crippen molar-refractivity contribution in [3.05, 3.63) is 13.2 Å². The van der Waals surface area contributed by atoms with E-state index in [4.69, 9.17) is 0 Å². The summed E-state index contributed by atoms with van der Waals surface area (Å²) >= 11 is 0. The molecule has 1 atom stereocenters. The van der Waals surface area contributed by atoms with E-state index in [1.807, 2.05) is 14.1 Å². The first-order valence-corrected chi connectivity index (χ1v) is 4.11. The van der Waals surface area contributed by atoms with Crippen molar-refractivity contribution >= 4 is 6.03 Å². The third-order valence-electron chi connectivity index (χ3n) is 2.17. The SMILES string of the molecule is C=C.C[C@@H]1CCN(C)C(=O)N1C. The lowest BCUT2D eigenvalue weighted by molar-refractivity contribution is 0.130. The Hall–Kier alpha value is -0.990. The lowest BCUT2D eigenvalue weighted by Crippen LogP contribution is -2.49. The van der Waals surface area contributed by atoms with Crippen molar-refractivity contribution in [2.45, 2.75) is 19.4 Å². The van der Waals surface area contributed by atoms with E-state index in [1.165, 1.54) is 0 Å². The summed E-state index contributed by atoms with van der Waals surface area (Å²) in [5.41, 5.74) is 0. The molecule has 2 amide bonds. The van der Waals surface area contributed by atoms with Crippen molar-refractivity contribution in [3.8, 4) is 0 Å². The van der Waals surface area contributed by atoms with Gasteiger partial charge in [0.05, 0.1) is 0 Å². The van der Waals surface area contributed by atoms with Gasteiger partial charge in [0.15, 0.2) is 0 Å². The van der Waals surface area contributed by atoms with Crippen molar-refractivity contribution < 1.29 is 4.79 Å². The zero-order chi connectivity index (χ0) is 9.72.